The Bertz CT molecular complexity index is 1590. The number of ether oxygens (including phenoxy) is 1. The first-order valence-corrected chi connectivity index (χ1v) is 28.4. The lowest BCUT2D eigenvalue weighted by atomic mass is 10.0. The zero-order chi connectivity index (χ0) is 51.3. The lowest BCUT2D eigenvalue weighted by molar-refractivity contribution is -0.147. The van der Waals surface area contributed by atoms with Crippen LogP contribution in [-0.4, -0.2) is 64.9 Å². The molecule has 0 aliphatic heterocycles. The number of carboxylic acid groups (broad SMARTS) is 1. The van der Waals surface area contributed by atoms with Crippen molar-refractivity contribution in [1.82, 2.24) is 5.32 Å². The van der Waals surface area contributed by atoms with Crippen LogP contribution in [0, 0.1) is 0 Å². The van der Waals surface area contributed by atoms with Crippen LogP contribution >= 0.6 is 7.82 Å². The summed E-state index contributed by atoms with van der Waals surface area (Å²) >= 11 is 0. The van der Waals surface area contributed by atoms with Crippen molar-refractivity contribution in [2.24, 2.45) is 0 Å². The van der Waals surface area contributed by atoms with Crippen LogP contribution in [0.3, 0.4) is 0 Å². The minimum atomic E-state index is -4.78. The van der Waals surface area contributed by atoms with Gasteiger partial charge >= 0.3 is 19.8 Å². The number of phosphoric ester groups is 1. The van der Waals surface area contributed by atoms with E-state index in [1.165, 1.54) is 57.8 Å². The van der Waals surface area contributed by atoms with E-state index in [1.54, 1.807) is 0 Å². The van der Waals surface area contributed by atoms with Gasteiger partial charge in [0.2, 0.25) is 5.91 Å². The summed E-state index contributed by atoms with van der Waals surface area (Å²) in [7, 11) is -4.78. The average molecular weight is 998 g/mol. The van der Waals surface area contributed by atoms with Crippen molar-refractivity contribution in [3.05, 3.63) is 109 Å². The zero-order valence-corrected chi connectivity index (χ0v) is 44.4. The second-order valence-corrected chi connectivity index (χ2v) is 19.1. The van der Waals surface area contributed by atoms with Crippen LogP contribution in [0.15, 0.2) is 109 Å². The maximum Gasteiger partial charge on any atom is 0.472 e. The first-order chi connectivity index (χ1) is 34.1. The van der Waals surface area contributed by atoms with Crippen molar-refractivity contribution in [2.45, 2.75) is 219 Å². The maximum absolute atomic E-state index is 12.4. The number of unbranched alkanes of at least 4 members (excludes halogenated alkanes) is 17. The van der Waals surface area contributed by atoms with Gasteiger partial charge in [-0.05, 0) is 103 Å². The van der Waals surface area contributed by atoms with E-state index in [4.69, 9.17) is 13.8 Å². The van der Waals surface area contributed by atoms with Gasteiger partial charge < -0.3 is 25.2 Å². The number of carboxylic acids is 1. The van der Waals surface area contributed by atoms with Crippen LogP contribution in [0.5, 0.6) is 0 Å². The van der Waals surface area contributed by atoms with Gasteiger partial charge in [0.05, 0.1) is 13.2 Å². The zero-order valence-electron chi connectivity index (χ0n) is 43.5. The Morgan fingerprint density at radius 2 is 0.829 bits per heavy atom. The molecule has 0 spiro atoms. The lowest BCUT2D eigenvalue weighted by Crippen LogP contribution is -2.43. The number of rotatable bonds is 49. The Kier molecular flexibility index (Phi) is 48.7. The molecule has 1 amide bonds. The Hall–Kier alpha value is -3.86. The number of nitrogens with one attached hydrogen (secondary N) is 1. The Morgan fingerprint density at radius 1 is 0.471 bits per heavy atom. The lowest BCUT2D eigenvalue weighted by Gasteiger charge is -2.18. The van der Waals surface area contributed by atoms with Gasteiger partial charge in [0.1, 0.15) is 12.7 Å². The first-order valence-electron chi connectivity index (χ1n) is 26.9. The number of allylic oxidation sites excluding steroid dienone is 18. The summed E-state index contributed by atoms with van der Waals surface area (Å²) in [5.41, 5.74) is 0. The molecule has 0 aliphatic carbocycles. The summed E-state index contributed by atoms with van der Waals surface area (Å²) in [5.74, 6) is -2.41. The third kappa shape index (κ3) is 50.5. The number of hydrogen-bond acceptors (Lipinski definition) is 8. The molecule has 0 aromatic heterocycles. The number of hydrogen-bond donors (Lipinski definition) is 4. The largest absolute Gasteiger partial charge is 0.480 e. The normalized spacial score (nSPS) is 14.3. The molecule has 12 heteroatoms. The van der Waals surface area contributed by atoms with Crippen LogP contribution in [0.4, 0.5) is 0 Å². The smallest absolute Gasteiger partial charge is 0.472 e. The van der Waals surface area contributed by atoms with Gasteiger partial charge in [-0.1, -0.05) is 200 Å². The van der Waals surface area contributed by atoms with Crippen molar-refractivity contribution in [2.75, 3.05) is 19.8 Å². The molecule has 0 aromatic rings. The van der Waals surface area contributed by atoms with Crippen LogP contribution in [-0.2, 0) is 32.7 Å². The van der Waals surface area contributed by atoms with E-state index in [9.17, 15) is 34.1 Å². The number of carbonyl (C=O) groups excluding carboxylic acids is 2. The maximum atomic E-state index is 12.4. The highest BCUT2D eigenvalue weighted by molar-refractivity contribution is 7.47. The number of aliphatic hydroxyl groups excluding tert-OH is 1. The highest BCUT2D eigenvalue weighted by Gasteiger charge is 2.28. The van der Waals surface area contributed by atoms with Gasteiger partial charge in [0.25, 0.3) is 0 Å². The molecule has 11 nitrogen and oxygen atoms in total. The third-order valence-corrected chi connectivity index (χ3v) is 12.0. The second kappa shape index (κ2) is 51.5. The van der Waals surface area contributed by atoms with Crippen LogP contribution in [0.2, 0.25) is 0 Å². The number of carbonyl (C=O) groups is 3. The standard InChI is InChI=1S/C58H96NO10P/c1-3-5-7-9-11-13-15-17-19-21-23-25-27-29-31-33-35-37-39-41-43-45-47-49-56(61)59-55(58(63)64)53-69-70(65,66)68-52-54(60)51-67-57(62)50-48-46-44-42-40-38-36-34-32-30-28-26-24-22-20-18-16-14-12-10-8-6-4-2/h6,8,11-14,17-20,23-26,30,32,36,38,54-55,60H,3-5,7,9-10,15-16,21-22,27-29,31,33-35,37,39-53H2,1-2H3,(H,59,61)(H,63,64)(H,65,66)/b8-6-,13-11-,14-12-,19-17-,20-18-,25-23-,26-24-,32-30-,38-36-. The number of esters is 1. The fraction of sp³-hybridized carbons (Fsp3) is 0.638. The Morgan fingerprint density at radius 3 is 1.24 bits per heavy atom. The van der Waals surface area contributed by atoms with Crippen molar-refractivity contribution < 1.29 is 47.8 Å². The van der Waals surface area contributed by atoms with E-state index < -0.39 is 57.6 Å². The number of aliphatic carboxylic acids is 1. The summed E-state index contributed by atoms with van der Waals surface area (Å²) in [6, 6.07) is -1.56. The molecule has 0 saturated carbocycles. The van der Waals surface area contributed by atoms with Gasteiger partial charge in [-0.25, -0.2) is 9.36 Å². The minimum absolute atomic E-state index is 0.133. The van der Waals surface area contributed by atoms with E-state index in [-0.39, 0.29) is 12.8 Å². The quantitative estimate of drug-likeness (QED) is 0.0199. The van der Waals surface area contributed by atoms with Crippen molar-refractivity contribution in [3.8, 4) is 0 Å². The van der Waals surface area contributed by atoms with Gasteiger partial charge in [-0.15, -0.1) is 0 Å². The third-order valence-electron chi connectivity index (χ3n) is 11.0. The summed E-state index contributed by atoms with van der Waals surface area (Å²) in [4.78, 5) is 46.2. The number of aliphatic hydroxyl groups is 1. The summed E-state index contributed by atoms with van der Waals surface area (Å²) in [6.07, 6.45) is 68.2. The van der Waals surface area contributed by atoms with E-state index in [0.717, 1.165) is 109 Å². The number of phosphoric acid groups is 1. The fourth-order valence-electron chi connectivity index (χ4n) is 6.91. The van der Waals surface area contributed by atoms with Gasteiger partial charge in [-0.3, -0.25) is 18.6 Å². The van der Waals surface area contributed by atoms with E-state index in [0.29, 0.717) is 12.8 Å². The van der Waals surface area contributed by atoms with Crippen molar-refractivity contribution >= 4 is 25.7 Å². The molecular formula is C58H96NO10P. The molecule has 0 heterocycles. The van der Waals surface area contributed by atoms with E-state index in [2.05, 4.69) is 129 Å². The monoisotopic (exact) mass is 998 g/mol. The molecule has 0 radical (unpaired) electrons. The average Bonchev–Trinajstić information content (AvgIpc) is 3.34. The molecule has 3 unspecified atom stereocenters. The van der Waals surface area contributed by atoms with Crippen LogP contribution in [0.25, 0.3) is 0 Å². The highest BCUT2D eigenvalue weighted by Crippen LogP contribution is 2.43. The molecule has 0 fully saturated rings. The molecular weight excluding hydrogens is 902 g/mol. The summed E-state index contributed by atoms with van der Waals surface area (Å²) in [6.45, 7) is 2.43. The number of amides is 1. The minimum Gasteiger partial charge on any atom is -0.480 e. The first kappa shape index (κ1) is 66.1. The Balaban J connectivity index is 3.89. The predicted octanol–water partition coefficient (Wildman–Crippen LogP) is 15.3. The molecule has 70 heavy (non-hydrogen) atoms. The van der Waals surface area contributed by atoms with Crippen LogP contribution in [0.1, 0.15) is 206 Å². The molecule has 0 rings (SSSR count). The van der Waals surface area contributed by atoms with Crippen molar-refractivity contribution in [1.29, 1.82) is 0 Å². The summed E-state index contributed by atoms with van der Waals surface area (Å²) < 4.78 is 27.0. The Labute approximate surface area is 425 Å². The van der Waals surface area contributed by atoms with Gasteiger partial charge in [0.15, 0.2) is 6.04 Å². The van der Waals surface area contributed by atoms with Gasteiger partial charge in [-0.2, -0.15) is 0 Å². The SMILES string of the molecule is CC/C=C\C/C=C\C/C=C\C/C=C\C/C=C\C/C=C\CCCCCCC(=O)OCC(O)COP(=O)(O)OCC(NC(=O)CCCCCCCCCCCC/C=C\C/C=C\C/C=C\CCCCC)C(=O)O. The van der Waals surface area contributed by atoms with Crippen LogP contribution < -0.4 is 5.32 Å². The molecule has 4 N–H and O–H groups in total. The highest BCUT2D eigenvalue weighted by atomic mass is 31.2. The topological polar surface area (TPSA) is 169 Å². The van der Waals surface area contributed by atoms with Crippen molar-refractivity contribution in [3.63, 3.8) is 0 Å². The van der Waals surface area contributed by atoms with Gasteiger partial charge in [0, 0.05) is 12.8 Å². The molecule has 0 aromatic carbocycles. The molecule has 0 saturated heterocycles. The molecule has 3 atom stereocenters. The van der Waals surface area contributed by atoms with E-state index >= 15 is 0 Å². The molecule has 0 bridgehead atoms. The summed E-state index contributed by atoms with van der Waals surface area (Å²) in [5, 5.41) is 22.0. The molecule has 0 aliphatic rings. The van der Waals surface area contributed by atoms with E-state index in [1.807, 2.05) is 0 Å². The predicted molar refractivity (Wildman–Crippen MR) is 290 cm³/mol. The fourth-order valence-corrected chi connectivity index (χ4v) is 7.69. The second-order valence-electron chi connectivity index (χ2n) is 17.7. The molecule has 398 valence electrons.